The largest absolute Gasteiger partial charge is 0.484 e. The molecule has 1 aromatic heterocycles. The van der Waals surface area contributed by atoms with E-state index >= 15 is 0 Å². The molecule has 0 bridgehead atoms. The van der Waals surface area contributed by atoms with Gasteiger partial charge in [0.2, 0.25) is 11.7 Å². The Kier molecular flexibility index (Phi) is 6.26. The summed E-state index contributed by atoms with van der Waals surface area (Å²) in [5, 5.41) is 18.8. The van der Waals surface area contributed by atoms with Crippen molar-refractivity contribution in [3.63, 3.8) is 0 Å². The van der Waals surface area contributed by atoms with Crippen molar-refractivity contribution in [2.45, 2.75) is 38.8 Å². The van der Waals surface area contributed by atoms with Gasteiger partial charge in [-0.05, 0) is 49.9 Å². The summed E-state index contributed by atoms with van der Waals surface area (Å²) in [6, 6.07) is 5.91. The number of aliphatic hydroxyl groups excluding tert-OH is 1. The fourth-order valence-electron chi connectivity index (χ4n) is 3.24. The Morgan fingerprint density at radius 3 is 2.79 bits per heavy atom. The Bertz CT molecular complexity index is 930. The predicted octanol–water partition coefficient (Wildman–Crippen LogP) is 2.05. The number of aromatic nitrogens is 2. The first-order valence-electron chi connectivity index (χ1n) is 9.33. The molecule has 0 amide bonds. The summed E-state index contributed by atoms with van der Waals surface area (Å²) >= 11 is 0. The summed E-state index contributed by atoms with van der Waals surface area (Å²) < 4.78 is 20.6. The molecular formula is C20H23FN4O3. The van der Waals surface area contributed by atoms with Crippen LogP contribution in [0.15, 0.2) is 29.2 Å². The van der Waals surface area contributed by atoms with Gasteiger partial charge in [-0.3, -0.25) is 9.36 Å². The van der Waals surface area contributed by atoms with Gasteiger partial charge in [-0.1, -0.05) is 0 Å². The summed E-state index contributed by atoms with van der Waals surface area (Å²) in [5.74, 6) is 0.00913. The first-order chi connectivity index (χ1) is 13.5. The Hall–Kier alpha value is -2.92. The minimum absolute atomic E-state index is 0.00417. The number of anilines is 1. The van der Waals surface area contributed by atoms with Crippen LogP contribution in [-0.2, 0) is 6.54 Å². The highest BCUT2D eigenvalue weighted by atomic mass is 19.1. The van der Waals surface area contributed by atoms with Gasteiger partial charge in [-0.2, -0.15) is 5.26 Å². The summed E-state index contributed by atoms with van der Waals surface area (Å²) in [6.45, 7) is 3.07. The normalized spacial score (nSPS) is 15.1. The lowest BCUT2D eigenvalue weighted by molar-refractivity contribution is 0.121. The number of nitriles is 1. The minimum Gasteiger partial charge on any atom is -0.484 e. The van der Waals surface area contributed by atoms with Crippen LogP contribution in [0, 0.1) is 17.1 Å². The lowest BCUT2D eigenvalue weighted by Gasteiger charge is -2.29. The van der Waals surface area contributed by atoms with E-state index in [-0.39, 0.29) is 18.9 Å². The molecule has 28 heavy (non-hydrogen) atoms. The van der Waals surface area contributed by atoms with Crippen molar-refractivity contribution in [3.05, 3.63) is 51.7 Å². The van der Waals surface area contributed by atoms with Crippen LogP contribution < -0.4 is 15.2 Å². The van der Waals surface area contributed by atoms with Crippen LogP contribution >= 0.6 is 0 Å². The zero-order valence-electron chi connectivity index (χ0n) is 15.8. The van der Waals surface area contributed by atoms with E-state index in [2.05, 4.69) is 4.98 Å². The molecule has 8 heteroatoms. The summed E-state index contributed by atoms with van der Waals surface area (Å²) in [4.78, 5) is 19.5. The van der Waals surface area contributed by atoms with Crippen LogP contribution in [-0.4, -0.2) is 40.5 Å². The van der Waals surface area contributed by atoms with Gasteiger partial charge in [0.05, 0.1) is 30.5 Å². The molecule has 0 saturated carbocycles. The molecule has 1 fully saturated rings. The molecule has 1 N–H and O–H groups in total. The fraction of sp³-hybridized carbons (Fsp3) is 0.450. The van der Waals surface area contributed by atoms with Crippen molar-refractivity contribution in [2.24, 2.45) is 0 Å². The van der Waals surface area contributed by atoms with E-state index in [0.29, 0.717) is 17.1 Å². The number of hydrogen-bond donors (Lipinski definition) is 1. The van der Waals surface area contributed by atoms with Crippen LogP contribution in [0.5, 0.6) is 5.75 Å². The molecule has 2 heterocycles. The van der Waals surface area contributed by atoms with Crippen LogP contribution in [0.4, 0.5) is 10.3 Å². The second kappa shape index (κ2) is 8.85. The molecule has 0 radical (unpaired) electrons. The molecule has 1 aromatic carbocycles. The minimum atomic E-state index is -0.733. The van der Waals surface area contributed by atoms with Gasteiger partial charge >= 0.3 is 0 Å². The molecule has 2 aromatic rings. The van der Waals surface area contributed by atoms with E-state index in [1.165, 1.54) is 29.0 Å². The van der Waals surface area contributed by atoms with E-state index in [1.807, 2.05) is 11.0 Å². The van der Waals surface area contributed by atoms with Crippen molar-refractivity contribution in [1.82, 2.24) is 9.55 Å². The third-order valence-corrected chi connectivity index (χ3v) is 4.63. The molecule has 0 aliphatic carbocycles. The first-order valence-corrected chi connectivity index (χ1v) is 9.33. The Morgan fingerprint density at radius 1 is 1.36 bits per heavy atom. The lowest BCUT2D eigenvalue weighted by atomic mass is 10.1. The number of benzene rings is 1. The Labute approximate surface area is 162 Å². The van der Waals surface area contributed by atoms with Crippen molar-refractivity contribution < 1.29 is 14.2 Å². The average Bonchev–Trinajstić information content (AvgIpc) is 2.69. The van der Waals surface area contributed by atoms with Crippen molar-refractivity contribution in [2.75, 3.05) is 24.6 Å². The van der Waals surface area contributed by atoms with Gasteiger partial charge < -0.3 is 14.7 Å². The Morgan fingerprint density at radius 2 is 2.11 bits per heavy atom. The summed E-state index contributed by atoms with van der Waals surface area (Å²) in [6.07, 6.45) is 3.75. The SMILES string of the molecule is CC(O)COc1cnc(N2CCCCC2)n(Cc2cc(F)ccc2C#N)c1=O. The number of hydrogen-bond acceptors (Lipinski definition) is 6. The lowest BCUT2D eigenvalue weighted by Crippen LogP contribution is -2.37. The van der Waals surface area contributed by atoms with Crippen molar-refractivity contribution >= 4 is 5.95 Å². The second-order valence-electron chi connectivity index (χ2n) is 6.93. The quantitative estimate of drug-likeness (QED) is 0.817. The number of rotatable bonds is 6. The average molecular weight is 386 g/mol. The Balaban J connectivity index is 2.04. The maximum atomic E-state index is 13.8. The van der Waals surface area contributed by atoms with E-state index in [9.17, 15) is 19.6 Å². The molecular weight excluding hydrogens is 363 g/mol. The fourth-order valence-corrected chi connectivity index (χ4v) is 3.24. The molecule has 148 valence electrons. The maximum Gasteiger partial charge on any atom is 0.297 e. The highest BCUT2D eigenvalue weighted by Crippen LogP contribution is 2.20. The summed E-state index contributed by atoms with van der Waals surface area (Å²) in [7, 11) is 0. The van der Waals surface area contributed by atoms with Gasteiger partial charge in [0, 0.05) is 13.1 Å². The topological polar surface area (TPSA) is 91.4 Å². The first kappa shape index (κ1) is 19.8. The molecule has 0 spiro atoms. The van der Waals surface area contributed by atoms with Crippen LogP contribution in [0.3, 0.4) is 0 Å². The van der Waals surface area contributed by atoms with E-state index in [1.54, 1.807) is 6.92 Å². The number of piperidine rings is 1. The van der Waals surface area contributed by atoms with Gasteiger partial charge in [0.1, 0.15) is 12.4 Å². The van der Waals surface area contributed by atoms with Crippen LogP contribution in [0.1, 0.15) is 37.3 Å². The van der Waals surface area contributed by atoms with Crippen LogP contribution in [0.25, 0.3) is 0 Å². The molecule has 3 rings (SSSR count). The zero-order chi connectivity index (χ0) is 20.1. The molecule has 7 nitrogen and oxygen atoms in total. The van der Waals surface area contributed by atoms with Crippen LogP contribution in [0.2, 0.25) is 0 Å². The monoisotopic (exact) mass is 386 g/mol. The highest BCUT2D eigenvalue weighted by Gasteiger charge is 2.20. The third kappa shape index (κ3) is 4.49. The number of nitrogens with zero attached hydrogens (tertiary/aromatic N) is 4. The third-order valence-electron chi connectivity index (χ3n) is 4.63. The molecule has 1 saturated heterocycles. The molecule has 1 aliphatic rings. The van der Waals surface area contributed by atoms with Gasteiger partial charge in [0.15, 0.2) is 0 Å². The second-order valence-corrected chi connectivity index (χ2v) is 6.93. The molecule has 1 unspecified atom stereocenters. The van der Waals surface area contributed by atoms with Gasteiger partial charge in [-0.15, -0.1) is 0 Å². The van der Waals surface area contributed by atoms with E-state index in [0.717, 1.165) is 32.4 Å². The highest BCUT2D eigenvalue weighted by molar-refractivity contribution is 5.41. The van der Waals surface area contributed by atoms with Gasteiger partial charge in [-0.25, -0.2) is 9.37 Å². The molecule has 1 aliphatic heterocycles. The predicted molar refractivity (Wildman–Crippen MR) is 102 cm³/mol. The molecule has 1 atom stereocenters. The van der Waals surface area contributed by atoms with E-state index in [4.69, 9.17) is 4.74 Å². The van der Waals surface area contributed by atoms with Crippen molar-refractivity contribution in [3.8, 4) is 11.8 Å². The van der Waals surface area contributed by atoms with E-state index < -0.39 is 17.5 Å². The summed E-state index contributed by atoms with van der Waals surface area (Å²) in [5.41, 5.74) is 0.273. The van der Waals surface area contributed by atoms with Gasteiger partial charge in [0.25, 0.3) is 5.56 Å². The van der Waals surface area contributed by atoms with Crippen molar-refractivity contribution in [1.29, 1.82) is 5.26 Å². The smallest absolute Gasteiger partial charge is 0.297 e. The maximum absolute atomic E-state index is 13.8. The number of halogens is 1. The number of aliphatic hydroxyl groups is 1. The zero-order valence-corrected chi connectivity index (χ0v) is 15.8. The standard InChI is InChI=1S/C20H23FN4O3/c1-14(26)13-28-18-11-23-20(24-7-3-2-4-8-24)25(19(18)27)12-16-9-17(21)6-5-15(16)10-22/h5-6,9,11,14,26H,2-4,7-8,12-13H2,1H3. The number of ether oxygens (including phenoxy) is 1.